The first kappa shape index (κ1) is 15.8. The zero-order chi connectivity index (χ0) is 15.5. The molecule has 0 saturated heterocycles. The van der Waals surface area contributed by atoms with E-state index < -0.39 is 0 Å². The van der Waals surface area contributed by atoms with Crippen LogP contribution in [0, 0.1) is 5.41 Å². The average molecular weight is 294 g/mol. The van der Waals surface area contributed by atoms with E-state index >= 15 is 0 Å². The minimum absolute atomic E-state index is 0.0614. The van der Waals surface area contributed by atoms with Gasteiger partial charge >= 0.3 is 6.03 Å². The standard InChI is InChI=1S/C15H26N4O2/c1-14(2)12(11-15(14,3)21-4)18-13(20)16-7-5-9-19-10-6-8-17-19/h6,8,10,12H,5,7,9,11H2,1-4H3,(H2,16,18,20)/t12-,15-/m0/s1. The van der Waals surface area contributed by atoms with Crippen LogP contribution in [-0.2, 0) is 11.3 Å². The van der Waals surface area contributed by atoms with E-state index in [0.717, 1.165) is 19.4 Å². The summed E-state index contributed by atoms with van der Waals surface area (Å²) in [7, 11) is 1.73. The van der Waals surface area contributed by atoms with Crippen molar-refractivity contribution in [3.05, 3.63) is 18.5 Å². The molecule has 1 heterocycles. The molecule has 118 valence electrons. The fourth-order valence-electron chi connectivity index (χ4n) is 2.81. The molecule has 2 N–H and O–H groups in total. The highest BCUT2D eigenvalue weighted by atomic mass is 16.5. The first-order valence-electron chi connectivity index (χ1n) is 7.46. The number of aromatic nitrogens is 2. The number of amides is 2. The van der Waals surface area contributed by atoms with Gasteiger partial charge in [-0.15, -0.1) is 0 Å². The van der Waals surface area contributed by atoms with E-state index in [4.69, 9.17) is 4.74 Å². The number of hydrogen-bond donors (Lipinski definition) is 2. The summed E-state index contributed by atoms with van der Waals surface area (Å²) >= 11 is 0. The van der Waals surface area contributed by atoms with E-state index in [1.807, 2.05) is 16.9 Å². The van der Waals surface area contributed by atoms with Crippen LogP contribution >= 0.6 is 0 Å². The summed E-state index contributed by atoms with van der Waals surface area (Å²) in [5.41, 5.74) is -0.223. The smallest absolute Gasteiger partial charge is 0.315 e. The van der Waals surface area contributed by atoms with Gasteiger partial charge in [-0.3, -0.25) is 4.68 Å². The van der Waals surface area contributed by atoms with E-state index in [1.165, 1.54) is 0 Å². The predicted molar refractivity (Wildman–Crippen MR) is 81.0 cm³/mol. The van der Waals surface area contributed by atoms with Crippen molar-refractivity contribution in [2.45, 2.75) is 51.8 Å². The molecule has 1 aliphatic carbocycles. The molecule has 0 radical (unpaired) electrons. The second kappa shape index (κ2) is 6.05. The summed E-state index contributed by atoms with van der Waals surface area (Å²) in [4.78, 5) is 11.9. The number of urea groups is 1. The Morgan fingerprint density at radius 2 is 2.24 bits per heavy atom. The van der Waals surface area contributed by atoms with Crippen molar-refractivity contribution < 1.29 is 9.53 Å². The third-order valence-electron chi connectivity index (χ3n) is 4.99. The van der Waals surface area contributed by atoms with Gasteiger partial charge in [-0.1, -0.05) is 13.8 Å². The monoisotopic (exact) mass is 294 g/mol. The van der Waals surface area contributed by atoms with Gasteiger partial charge in [-0.2, -0.15) is 5.10 Å². The number of nitrogens with zero attached hydrogens (tertiary/aromatic N) is 2. The molecule has 1 saturated carbocycles. The molecule has 0 bridgehead atoms. The normalized spacial score (nSPS) is 27.0. The molecule has 6 nitrogen and oxygen atoms in total. The van der Waals surface area contributed by atoms with Gasteiger partial charge in [0.25, 0.3) is 0 Å². The second-order valence-corrected chi connectivity index (χ2v) is 6.44. The molecule has 2 amide bonds. The van der Waals surface area contributed by atoms with Crippen molar-refractivity contribution in [3.63, 3.8) is 0 Å². The maximum absolute atomic E-state index is 11.9. The lowest BCUT2D eigenvalue weighted by molar-refractivity contribution is -0.177. The van der Waals surface area contributed by atoms with Gasteiger partial charge in [-0.25, -0.2) is 4.79 Å². The number of carbonyl (C=O) groups is 1. The molecule has 0 spiro atoms. The topological polar surface area (TPSA) is 68.2 Å². The Balaban J connectivity index is 1.66. The molecule has 1 fully saturated rings. The van der Waals surface area contributed by atoms with Crippen LogP contribution in [0.5, 0.6) is 0 Å². The molecule has 21 heavy (non-hydrogen) atoms. The lowest BCUT2D eigenvalue weighted by Gasteiger charge is -2.59. The van der Waals surface area contributed by atoms with E-state index in [2.05, 4.69) is 36.5 Å². The second-order valence-electron chi connectivity index (χ2n) is 6.44. The summed E-state index contributed by atoms with van der Waals surface area (Å²) in [6, 6.07) is 1.94. The Hall–Kier alpha value is -1.56. The molecule has 2 atom stereocenters. The Morgan fingerprint density at radius 3 is 2.81 bits per heavy atom. The molecular weight excluding hydrogens is 268 g/mol. The van der Waals surface area contributed by atoms with Crippen molar-refractivity contribution in [1.29, 1.82) is 0 Å². The zero-order valence-electron chi connectivity index (χ0n) is 13.3. The number of aryl methyl sites for hydroxylation is 1. The minimum atomic E-state index is -0.162. The van der Waals surface area contributed by atoms with Crippen LogP contribution in [0.4, 0.5) is 4.79 Å². The predicted octanol–water partition coefficient (Wildman–Crippen LogP) is 1.78. The summed E-state index contributed by atoms with van der Waals surface area (Å²) in [5.74, 6) is 0. The third kappa shape index (κ3) is 3.20. The summed E-state index contributed by atoms with van der Waals surface area (Å²) in [6.45, 7) is 7.79. The van der Waals surface area contributed by atoms with Crippen LogP contribution in [0.25, 0.3) is 0 Å². The lowest BCUT2D eigenvalue weighted by atomic mass is 9.56. The molecule has 1 aromatic heterocycles. The fourth-order valence-corrected chi connectivity index (χ4v) is 2.81. The Morgan fingerprint density at radius 1 is 1.48 bits per heavy atom. The minimum Gasteiger partial charge on any atom is -0.378 e. The summed E-state index contributed by atoms with van der Waals surface area (Å²) in [5, 5.41) is 10.1. The fraction of sp³-hybridized carbons (Fsp3) is 0.733. The van der Waals surface area contributed by atoms with E-state index in [1.54, 1.807) is 13.3 Å². The van der Waals surface area contributed by atoms with Gasteiger partial charge in [0.1, 0.15) is 0 Å². The van der Waals surface area contributed by atoms with E-state index in [9.17, 15) is 4.79 Å². The molecule has 0 unspecified atom stereocenters. The van der Waals surface area contributed by atoms with Crippen molar-refractivity contribution >= 4 is 6.03 Å². The van der Waals surface area contributed by atoms with Gasteiger partial charge < -0.3 is 15.4 Å². The van der Waals surface area contributed by atoms with E-state index in [0.29, 0.717) is 6.54 Å². The van der Waals surface area contributed by atoms with E-state index in [-0.39, 0.29) is 23.1 Å². The molecule has 1 aromatic rings. The molecule has 1 aliphatic rings. The average Bonchev–Trinajstić information content (AvgIpc) is 2.96. The maximum atomic E-state index is 11.9. The molecular formula is C15H26N4O2. The highest BCUT2D eigenvalue weighted by Crippen LogP contribution is 2.51. The van der Waals surface area contributed by atoms with Crippen LogP contribution in [0.15, 0.2) is 18.5 Å². The number of nitrogens with one attached hydrogen (secondary N) is 2. The summed E-state index contributed by atoms with van der Waals surface area (Å²) < 4.78 is 7.42. The Bertz CT molecular complexity index is 472. The van der Waals surface area contributed by atoms with Crippen molar-refractivity contribution in [3.8, 4) is 0 Å². The maximum Gasteiger partial charge on any atom is 0.315 e. The van der Waals surface area contributed by atoms with Crippen LogP contribution < -0.4 is 10.6 Å². The summed E-state index contributed by atoms with van der Waals surface area (Å²) in [6.07, 6.45) is 5.38. The van der Waals surface area contributed by atoms with Crippen molar-refractivity contribution in [2.24, 2.45) is 5.41 Å². The number of hydrogen-bond acceptors (Lipinski definition) is 3. The number of rotatable bonds is 6. The molecule has 2 rings (SSSR count). The first-order chi connectivity index (χ1) is 9.89. The number of ether oxygens (including phenoxy) is 1. The van der Waals surface area contributed by atoms with Gasteiger partial charge in [0, 0.05) is 44.0 Å². The Kier molecular flexibility index (Phi) is 4.56. The highest BCUT2D eigenvalue weighted by Gasteiger charge is 2.58. The largest absolute Gasteiger partial charge is 0.378 e. The third-order valence-corrected chi connectivity index (χ3v) is 4.99. The van der Waals surface area contributed by atoms with Crippen molar-refractivity contribution in [1.82, 2.24) is 20.4 Å². The molecule has 6 heteroatoms. The van der Waals surface area contributed by atoms with Crippen LogP contribution in [-0.4, -0.2) is 41.1 Å². The number of methoxy groups -OCH3 is 1. The van der Waals surface area contributed by atoms with Crippen molar-refractivity contribution in [2.75, 3.05) is 13.7 Å². The van der Waals surface area contributed by atoms with Crippen LogP contribution in [0.1, 0.15) is 33.6 Å². The molecule has 0 aromatic carbocycles. The van der Waals surface area contributed by atoms with Crippen LogP contribution in [0.3, 0.4) is 0 Å². The van der Waals surface area contributed by atoms with Gasteiger partial charge in [0.15, 0.2) is 0 Å². The van der Waals surface area contributed by atoms with Gasteiger partial charge in [0.05, 0.1) is 5.60 Å². The van der Waals surface area contributed by atoms with Gasteiger partial charge in [-0.05, 0) is 25.8 Å². The quantitative estimate of drug-likeness (QED) is 0.786. The first-order valence-corrected chi connectivity index (χ1v) is 7.46. The zero-order valence-corrected chi connectivity index (χ0v) is 13.3. The number of carbonyl (C=O) groups excluding carboxylic acids is 1. The van der Waals surface area contributed by atoms with Crippen LogP contribution in [0.2, 0.25) is 0 Å². The Labute approximate surface area is 126 Å². The lowest BCUT2D eigenvalue weighted by Crippen LogP contribution is -2.69. The molecule has 0 aliphatic heterocycles. The van der Waals surface area contributed by atoms with Gasteiger partial charge in [0.2, 0.25) is 0 Å². The highest BCUT2D eigenvalue weighted by molar-refractivity contribution is 5.74. The SMILES string of the molecule is CO[C@@]1(C)C[C@H](NC(=O)NCCCn2cccn2)C1(C)C.